The summed E-state index contributed by atoms with van der Waals surface area (Å²) in [5, 5.41) is 8.18. The van der Waals surface area contributed by atoms with Crippen LogP contribution >= 0.6 is 0 Å². The molecule has 0 spiro atoms. The number of aromatic nitrogens is 3. The standard InChI is InChI=1S/C49H50F2N10O5/c50-38-25-32(24-36-37(38)27-61(49(36)66)46(45-41-4-3-17-60(41)29-53-45)48(65)55-42-5-1-2-16-52-42)30-6-9-34(10-7-30)58-20-22-59(23-21-58)44(63)28-57-18-14-31(15-19-57)35-11-8-33(26-39(35)51)54-40-12-13-43(62)56-47(40)64/h1-2,5-11,16,24-26,29,31,40,46,54H,3-4,12-15,17-23,27-28H2,(H,52,55,65)(H,56,62,64)/t40-,46?/m0/s1. The van der Waals surface area contributed by atoms with E-state index in [0.717, 1.165) is 49.2 Å². The Kier molecular flexibility index (Phi) is 11.8. The van der Waals surface area contributed by atoms with Gasteiger partial charge in [0.15, 0.2) is 6.04 Å². The number of hydrogen-bond acceptors (Lipinski definition) is 10. The third kappa shape index (κ3) is 8.62. The zero-order chi connectivity index (χ0) is 45.5. The van der Waals surface area contributed by atoms with Gasteiger partial charge in [-0.15, -0.1) is 0 Å². The molecular weight excluding hydrogens is 847 g/mol. The summed E-state index contributed by atoms with van der Waals surface area (Å²) < 4.78 is 33.3. The van der Waals surface area contributed by atoms with Gasteiger partial charge in [0.2, 0.25) is 17.7 Å². The molecule has 2 aromatic heterocycles. The van der Waals surface area contributed by atoms with Crippen LogP contribution in [0.15, 0.2) is 85.3 Å². The molecular formula is C49H50F2N10O5. The first-order valence-electron chi connectivity index (χ1n) is 22.7. The number of anilines is 3. The van der Waals surface area contributed by atoms with Crippen molar-refractivity contribution in [2.75, 3.05) is 61.3 Å². The van der Waals surface area contributed by atoms with Gasteiger partial charge in [-0.1, -0.05) is 24.3 Å². The predicted molar refractivity (Wildman–Crippen MR) is 241 cm³/mol. The van der Waals surface area contributed by atoms with Crippen LogP contribution in [0.3, 0.4) is 0 Å². The van der Waals surface area contributed by atoms with Crippen molar-refractivity contribution in [3.63, 3.8) is 0 Å². The largest absolute Gasteiger partial charge is 0.374 e. The lowest BCUT2D eigenvalue weighted by atomic mass is 9.89. The van der Waals surface area contributed by atoms with Crippen molar-refractivity contribution in [3.8, 4) is 11.1 Å². The van der Waals surface area contributed by atoms with Gasteiger partial charge in [0.1, 0.15) is 23.5 Å². The summed E-state index contributed by atoms with van der Waals surface area (Å²) in [7, 11) is 0. The van der Waals surface area contributed by atoms with Gasteiger partial charge in [-0.3, -0.25) is 34.2 Å². The first-order valence-corrected chi connectivity index (χ1v) is 22.7. The fraction of sp³-hybridized carbons (Fsp3) is 0.367. The van der Waals surface area contributed by atoms with Crippen molar-refractivity contribution in [3.05, 3.63) is 125 Å². The predicted octanol–water partition coefficient (Wildman–Crippen LogP) is 5.25. The first kappa shape index (κ1) is 42.9. The molecule has 5 aliphatic rings. The average Bonchev–Trinajstić information content (AvgIpc) is 4.05. The molecule has 0 saturated carbocycles. The number of nitrogens with one attached hydrogen (secondary N) is 3. The molecule has 3 aromatic carbocycles. The van der Waals surface area contributed by atoms with Crippen LogP contribution in [0.2, 0.25) is 0 Å². The quantitative estimate of drug-likeness (QED) is 0.149. The summed E-state index contributed by atoms with van der Waals surface area (Å²) in [5.41, 5.74) is 5.22. The highest BCUT2D eigenvalue weighted by Crippen LogP contribution is 2.38. The summed E-state index contributed by atoms with van der Waals surface area (Å²) in [6, 6.07) is 19.4. The van der Waals surface area contributed by atoms with Gasteiger partial charge < -0.3 is 29.9 Å². The van der Waals surface area contributed by atoms with E-state index < -0.39 is 35.6 Å². The Morgan fingerprint density at radius 2 is 1.62 bits per heavy atom. The van der Waals surface area contributed by atoms with E-state index in [1.165, 1.54) is 17.0 Å². The topological polar surface area (TPSA) is 165 Å². The number of imidazole rings is 1. The number of rotatable bonds is 11. The third-order valence-electron chi connectivity index (χ3n) is 13.7. The van der Waals surface area contributed by atoms with E-state index in [-0.39, 0.29) is 47.6 Å². The fourth-order valence-corrected chi connectivity index (χ4v) is 10.1. The number of carbonyl (C=O) groups excluding carboxylic acids is 5. The van der Waals surface area contributed by atoms with Crippen LogP contribution in [0, 0.1) is 11.6 Å². The molecule has 5 amide bonds. The molecule has 7 heterocycles. The molecule has 0 radical (unpaired) electrons. The van der Waals surface area contributed by atoms with E-state index in [9.17, 15) is 24.0 Å². The monoisotopic (exact) mass is 896 g/mol. The molecule has 10 rings (SSSR count). The van der Waals surface area contributed by atoms with Gasteiger partial charge in [-0.25, -0.2) is 18.7 Å². The highest BCUT2D eigenvalue weighted by Gasteiger charge is 2.42. The van der Waals surface area contributed by atoms with E-state index in [2.05, 4.69) is 35.7 Å². The lowest BCUT2D eigenvalue weighted by molar-refractivity contribution is -0.134. The Bertz CT molecular complexity index is 2700. The van der Waals surface area contributed by atoms with Crippen molar-refractivity contribution in [2.45, 2.75) is 69.6 Å². The maximum absolute atomic E-state index is 16.0. The third-order valence-corrected chi connectivity index (χ3v) is 13.7. The highest BCUT2D eigenvalue weighted by atomic mass is 19.1. The number of pyridine rings is 1. The van der Waals surface area contributed by atoms with Gasteiger partial charge in [0, 0.05) is 73.5 Å². The summed E-state index contributed by atoms with van der Waals surface area (Å²) in [6.07, 6.45) is 6.94. The molecule has 1 unspecified atom stereocenters. The number of carbonyl (C=O) groups is 5. The van der Waals surface area contributed by atoms with Crippen LogP contribution in [0.1, 0.15) is 76.9 Å². The summed E-state index contributed by atoms with van der Waals surface area (Å²) in [4.78, 5) is 81.6. The van der Waals surface area contributed by atoms with Crippen LogP contribution in [0.5, 0.6) is 0 Å². The van der Waals surface area contributed by atoms with Gasteiger partial charge >= 0.3 is 0 Å². The van der Waals surface area contributed by atoms with E-state index in [0.29, 0.717) is 80.6 Å². The molecule has 5 aliphatic heterocycles. The average molecular weight is 897 g/mol. The molecule has 2 atom stereocenters. The van der Waals surface area contributed by atoms with Gasteiger partial charge in [0.05, 0.1) is 25.1 Å². The van der Waals surface area contributed by atoms with E-state index in [4.69, 9.17) is 0 Å². The van der Waals surface area contributed by atoms with Crippen molar-refractivity contribution in [2.24, 2.45) is 0 Å². The molecule has 5 aromatic rings. The number of fused-ring (bicyclic) bond motifs is 2. The number of nitrogens with zero attached hydrogens (tertiary/aromatic N) is 7. The number of piperidine rings is 2. The number of benzene rings is 3. The minimum atomic E-state index is -1.08. The van der Waals surface area contributed by atoms with Crippen LogP contribution in [-0.2, 0) is 38.7 Å². The maximum atomic E-state index is 16.0. The number of halogens is 2. The minimum absolute atomic E-state index is 0.0233. The highest BCUT2D eigenvalue weighted by molar-refractivity contribution is 6.04. The summed E-state index contributed by atoms with van der Waals surface area (Å²) in [6.45, 7) is 4.79. The van der Waals surface area contributed by atoms with Gasteiger partial charge in [-0.2, -0.15) is 0 Å². The lowest BCUT2D eigenvalue weighted by Crippen LogP contribution is -2.51. The van der Waals surface area contributed by atoms with Crippen molar-refractivity contribution in [1.82, 2.24) is 34.6 Å². The number of amides is 5. The second kappa shape index (κ2) is 18.1. The first-order chi connectivity index (χ1) is 32.1. The van der Waals surface area contributed by atoms with E-state index in [1.54, 1.807) is 48.9 Å². The van der Waals surface area contributed by atoms with Crippen LogP contribution < -0.4 is 20.9 Å². The number of aryl methyl sites for hydroxylation is 1. The van der Waals surface area contributed by atoms with Crippen molar-refractivity contribution >= 4 is 46.7 Å². The number of piperazine rings is 1. The maximum Gasteiger partial charge on any atom is 0.255 e. The van der Waals surface area contributed by atoms with Gasteiger partial charge in [0.25, 0.3) is 11.8 Å². The summed E-state index contributed by atoms with van der Waals surface area (Å²) in [5.74, 6) is -2.04. The normalized spacial score (nSPS) is 19.4. The molecule has 0 aliphatic carbocycles. The van der Waals surface area contributed by atoms with Crippen LogP contribution in [0.25, 0.3) is 11.1 Å². The molecule has 3 fully saturated rings. The second-order valence-corrected chi connectivity index (χ2v) is 17.7. The lowest BCUT2D eigenvalue weighted by Gasteiger charge is -2.38. The van der Waals surface area contributed by atoms with Crippen molar-refractivity contribution in [1.29, 1.82) is 0 Å². The van der Waals surface area contributed by atoms with Crippen LogP contribution in [-0.4, -0.2) is 111 Å². The van der Waals surface area contributed by atoms with E-state index in [1.807, 2.05) is 33.7 Å². The Hall–Kier alpha value is -7.01. The second-order valence-electron chi connectivity index (χ2n) is 17.7. The summed E-state index contributed by atoms with van der Waals surface area (Å²) >= 11 is 0. The molecule has 340 valence electrons. The minimum Gasteiger partial charge on any atom is -0.374 e. The smallest absolute Gasteiger partial charge is 0.255 e. The Morgan fingerprint density at radius 1 is 0.818 bits per heavy atom. The van der Waals surface area contributed by atoms with Gasteiger partial charge in [-0.05, 0) is 116 Å². The van der Waals surface area contributed by atoms with E-state index >= 15 is 8.78 Å². The molecule has 3 N–H and O–H groups in total. The SMILES string of the molecule is O=C1CC[C@H](Nc2ccc(C3CCN(CC(=O)N4CCN(c5ccc(-c6cc(F)c7c(c6)C(=O)N(C(C(=O)Nc6ccccn6)c6ncn8c6CCC8)C7)cc5)CC4)CC3)c(F)c2)C(=O)N1. The Morgan fingerprint density at radius 3 is 2.36 bits per heavy atom. The Labute approximate surface area is 380 Å². The van der Waals surface area contributed by atoms with Crippen LogP contribution in [0.4, 0.5) is 26.0 Å². The number of hydrogen-bond donors (Lipinski definition) is 3. The molecule has 17 heteroatoms. The molecule has 66 heavy (non-hydrogen) atoms. The zero-order valence-electron chi connectivity index (χ0n) is 36.3. The molecule has 3 saturated heterocycles. The van der Waals surface area contributed by atoms with Crippen molar-refractivity contribution < 1.29 is 32.8 Å². The zero-order valence-corrected chi connectivity index (χ0v) is 36.3. The Balaban J connectivity index is 0.728. The molecule has 15 nitrogen and oxygen atoms in total. The number of likely N-dealkylation sites (tertiary alicyclic amines) is 1. The fourth-order valence-electron chi connectivity index (χ4n) is 10.1. The number of imide groups is 1. The molecule has 0 bridgehead atoms.